The van der Waals surface area contributed by atoms with Crippen molar-refractivity contribution >= 4 is 15.9 Å². The van der Waals surface area contributed by atoms with Gasteiger partial charge in [-0.15, -0.1) is 0 Å². The largest absolute Gasteiger partial charge is 0.335 e. The normalized spacial score (nSPS) is 11.0. The molecule has 0 aliphatic heterocycles. The molecule has 0 amide bonds. The smallest absolute Gasteiger partial charge is 0.278 e. The second-order valence-corrected chi connectivity index (χ2v) is 5.58. The van der Waals surface area contributed by atoms with Crippen molar-refractivity contribution in [2.75, 3.05) is 6.54 Å². The second-order valence-electron chi connectivity index (χ2n) is 4.67. The number of imidazole rings is 1. The van der Waals surface area contributed by atoms with E-state index < -0.39 is 0 Å². The minimum Gasteiger partial charge on any atom is -0.335 e. The molecule has 0 aliphatic carbocycles. The summed E-state index contributed by atoms with van der Waals surface area (Å²) in [6, 6.07) is 5.93. The van der Waals surface area contributed by atoms with Gasteiger partial charge in [-0.05, 0) is 30.7 Å². The molecule has 108 valence electrons. The molecule has 0 radical (unpaired) electrons. The summed E-state index contributed by atoms with van der Waals surface area (Å²) in [6.45, 7) is 3.27. The van der Waals surface area contributed by atoms with Gasteiger partial charge in [0.2, 0.25) is 5.82 Å². The Hall–Kier alpha value is -1.99. The molecule has 0 unspecified atom stereocenters. The van der Waals surface area contributed by atoms with Gasteiger partial charge in [0.25, 0.3) is 5.89 Å². The third kappa shape index (κ3) is 2.88. The zero-order valence-electron chi connectivity index (χ0n) is 11.5. The van der Waals surface area contributed by atoms with E-state index in [4.69, 9.17) is 10.3 Å². The van der Waals surface area contributed by atoms with Crippen molar-refractivity contribution in [1.29, 1.82) is 0 Å². The fourth-order valence-corrected chi connectivity index (χ4v) is 2.53. The van der Waals surface area contributed by atoms with Crippen LogP contribution >= 0.6 is 15.9 Å². The van der Waals surface area contributed by atoms with Gasteiger partial charge in [0.1, 0.15) is 5.69 Å². The van der Waals surface area contributed by atoms with E-state index in [2.05, 4.69) is 31.1 Å². The van der Waals surface area contributed by atoms with Gasteiger partial charge in [0, 0.05) is 29.3 Å². The monoisotopic (exact) mass is 347 g/mol. The Morgan fingerprint density at radius 1 is 1.38 bits per heavy atom. The van der Waals surface area contributed by atoms with Crippen LogP contribution in [0.25, 0.3) is 23.0 Å². The third-order valence-corrected chi connectivity index (χ3v) is 3.59. The summed E-state index contributed by atoms with van der Waals surface area (Å²) in [7, 11) is 0. The number of rotatable bonds is 4. The molecular weight excluding hydrogens is 334 g/mol. The number of aryl methyl sites for hydroxylation is 1. The van der Waals surface area contributed by atoms with Crippen molar-refractivity contribution in [2.45, 2.75) is 13.5 Å². The van der Waals surface area contributed by atoms with Crippen molar-refractivity contribution in [2.24, 2.45) is 5.73 Å². The van der Waals surface area contributed by atoms with Crippen LogP contribution in [-0.2, 0) is 6.54 Å². The average Bonchev–Trinajstić information content (AvgIpc) is 3.08. The molecule has 0 fully saturated rings. The molecule has 0 atom stereocenters. The number of nitrogens with zero attached hydrogens (tertiary/aromatic N) is 4. The van der Waals surface area contributed by atoms with Crippen LogP contribution in [0.4, 0.5) is 0 Å². The number of halogens is 1. The molecule has 3 aromatic rings. The first-order chi connectivity index (χ1) is 10.2. The lowest BCUT2D eigenvalue weighted by Crippen LogP contribution is -2.07. The molecule has 0 saturated heterocycles. The zero-order chi connectivity index (χ0) is 14.8. The van der Waals surface area contributed by atoms with Crippen LogP contribution in [0.5, 0.6) is 0 Å². The van der Waals surface area contributed by atoms with Crippen molar-refractivity contribution in [3.8, 4) is 23.0 Å². The van der Waals surface area contributed by atoms with Gasteiger partial charge in [-0.1, -0.05) is 21.1 Å². The van der Waals surface area contributed by atoms with Crippen LogP contribution in [0.3, 0.4) is 0 Å². The maximum atomic E-state index is 5.51. The fraction of sp³-hybridized carbons (Fsp3) is 0.214. The van der Waals surface area contributed by atoms with Crippen LogP contribution in [0.2, 0.25) is 0 Å². The van der Waals surface area contributed by atoms with Gasteiger partial charge in [-0.25, -0.2) is 4.98 Å². The highest BCUT2D eigenvalue weighted by molar-refractivity contribution is 9.10. The Morgan fingerprint density at radius 3 is 3.00 bits per heavy atom. The fourth-order valence-electron chi connectivity index (χ4n) is 2.06. The van der Waals surface area contributed by atoms with Crippen molar-refractivity contribution in [3.05, 3.63) is 40.8 Å². The molecule has 6 nitrogen and oxygen atoms in total. The van der Waals surface area contributed by atoms with Crippen LogP contribution in [0, 0.1) is 6.92 Å². The molecule has 2 heterocycles. The van der Waals surface area contributed by atoms with E-state index in [1.54, 1.807) is 6.33 Å². The van der Waals surface area contributed by atoms with E-state index in [0.29, 0.717) is 30.5 Å². The minimum absolute atomic E-state index is 0.406. The lowest BCUT2D eigenvalue weighted by molar-refractivity contribution is 0.431. The van der Waals surface area contributed by atoms with Crippen LogP contribution < -0.4 is 5.73 Å². The number of benzene rings is 1. The van der Waals surface area contributed by atoms with Gasteiger partial charge in [0.05, 0.1) is 6.33 Å². The van der Waals surface area contributed by atoms with Crippen molar-refractivity contribution in [1.82, 2.24) is 19.7 Å². The first-order valence-electron chi connectivity index (χ1n) is 6.50. The minimum atomic E-state index is 0.406. The SMILES string of the molecule is Cc1cc(Br)ccc1-c1noc(-c2cn(CCN)cn2)n1. The lowest BCUT2D eigenvalue weighted by Gasteiger charge is -2.00. The maximum absolute atomic E-state index is 5.51. The van der Waals surface area contributed by atoms with Gasteiger partial charge in [-0.3, -0.25) is 0 Å². The first-order valence-corrected chi connectivity index (χ1v) is 7.29. The van der Waals surface area contributed by atoms with Gasteiger partial charge < -0.3 is 14.8 Å². The van der Waals surface area contributed by atoms with E-state index in [1.807, 2.05) is 35.9 Å². The highest BCUT2D eigenvalue weighted by Crippen LogP contribution is 2.25. The quantitative estimate of drug-likeness (QED) is 0.784. The summed E-state index contributed by atoms with van der Waals surface area (Å²) in [4.78, 5) is 8.67. The third-order valence-electron chi connectivity index (χ3n) is 3.10. The summed E-state index contributed by atoms with van der Waals surface area (Å²) in [5.74, 6) is 0.964. The molecule has 0 saturated carbocycles. The van der Waals surface area contributed by atoms with E-state index >= 15 is 0 Å². The molecule has 2 N–H and O–H groups in total. The topological polar surface area (TPSA) is 82.8 Å². The standard InChI is InChI=1S/C14H14BrN5O/c1-9-6-10(15)2-3-11(9)13-18-14(21-19-13)12-7-20(5-4-16)8-17-12/h2-3,6-8H,4-5,16H2,1H3. The van der Waals surface area contributed by atoms with Gasteiger partial charge in [-0.2, -0.15) is 4.98 Å². The van der Waals surface area contributed by atoms with Crippen molar-refractivity contribution < 1.29 is 4.52 Å². The Kier molecular flexibility index (Phi) is 3.85. The Labute approximate surface area is 130 Å². The summed E-state index contributed by atoms with van der Waals surface area (Å²) in [5.41, 5.74) is 8.18. The highest BCUT2D eigenvalue weighted by Gasteiger charge is 2.14. The second kappa shape index (κ2) is 5.79. The van der Waals surface area contributed by atoms with Crippen LogP contribution in [-0.4, -0.2) is 26.2 Å². The Morgan fingerprint density at radius 2 is 2.24 bits per heavy atom. The molecule has 1 aromatic carbocycles. The molecular formula is C14H14BrN5O. The van der Waals surface area contributed by atoms with E-state index in [-0.39, 0.29) is 0 Å². The van der Waals surface area contributed by atoms with Crippen LogP contribution in [0.1, 0.15) is 5.56 Å². The predicted molar refractivity (Wildman–Crippen MR) is 82.4 cm³/mol. The Bertz CT molecular complexity index is 764. The van der Waals surface area contributed by atoms with Gasteiger partial charge >= 0.3 is 0 Å². The summed E-state index contributed by atoms with van der Waals surface area (Å²) in [6.07, 6.45) is 3.55. The van der Waals surface area contributed by atoms with Gasteiger partial charge in [0.15, 0.2) is 0 Å². The molecule has 0 bridgehead atoms. The number of hydrogen-bond donors (Lipinski definition) is 1. The zero-order valence-corrected chi connectivity index (χ0v) is 13.0. The molecule has 7 heteroatoms. The summed E-state index contributed by atoms with van der Waals surface area (Å²) >= 11 is 3.44. The average molecular weight is 348 g/mol. The predicted octanol–water partition coefficient (Wildman–Crippen LogP) is 2.63. The Balaban J connectivity index is 1.91. The van der Waals surface area contributed by atoms with E-state index in [9.17, 15) is 0 Å². The first kappa shape index (κ1) is 14.0. The van der Waals surface area contributed by atoms with E-state index in [1.165, 1.54) is 0 Å². The molecule has 3 rings (SSSR count). The number of aromatic nitrogens is 4. The maximum Gasteiger partial charge on any atom is 0.278 e. The lowest BCUT2D eigenvalue weighted by atomic mass is 10.1. The van der Waals surface area contributed by atoms with E-state index in [0.717, 1.165) is 15.6 Å². The summed E-state index contributed by atoms with van der Waals surface area (Å²) < 4.78 is 8.22. The molecule has 21 heavy (non-hydrogen) atoms. The molecule has 0 spiro atoms. The number of nitrogens with two attached hydrogens (primary N) is 1. The molecule has 2 aromatic heterocycles. The van der Waals surface area contributed by atoms with Crippen molar-refractivity contribution in [3.63, 3.8) is 0 Å². The van der Waals surface area contributed by atoms with Crippen LogP contribution in [0.15, 0.2) is 39.7 Å². The molecule has 0 aliphatic rings. The summed E-state index contributed by atoms with van der Waals surface area (Å²) in [5, 5.41) is 4.03. The highest BCUT2D eigenvalue weighted by atomic mass is 79.9. The number of hydrogen-bond acceptors (Lipinski definition) is 5.